The Bertz CT molecular complexity index is 1040. The number of aromatic carboxylic acids is 1. The SMILES string of the molecule is O=C(O)c1ccncc1CC[C@H]1NCCc2cc(Oc3ccccc3F)ccc21. The van der Waals surface area contributed by atoms with Gasteiger partial charge in [0.2, 0.25) is 0 Å². The van der Waals surface area contributed by atoms with E-state index in [-0.39, 0.29) is 11.8 Å². The second kappa shape index (κ2) is 8.41. The maximum atomic E-state index is 13.8. The first-order valence-electron chi connectivity index (χ1n) is 9.56. The van der Waals surface area contributed by atoms with Crippen molar-refractivity contribution >= 4 is 5.97 Å². The Morgan fingerprint density at radius 3 is 2.93 bits per heavy atom. The van der Waals surface area contributed by atoms with Gasteiger partial charge in [0.25, 0.3) is 0 Å². The summed E-state index contributed by atoms with van der Waals surface area (Å²) in [6.07, 6.45) is 5.34. The lowest BCUT2D eigenvalue weighted by Gasteiger charge is -2.27. The lowest BCUT2D eigenvalue weighted by Crippen LogP contribution is -2.30. The smallest absolute Gasteiger partial charge is 0.336 e. The van der Waals surface area contributed by atoms with Crippen LogP contribution in [-0.4, -0.2) is 22.6 Å². The molecular formula is C23H21FN2O3. The fraction of sp³-hybridized carbons (Fsp3) is 0.217. The van der Waals surface area contributed by atoms with Crippen molar-refractivity contribution in [2.45, 2.75) is 25.3 Å². The summed E-state index contributed by atoms with van der Waals surface area (Å²) in [5, 5.41) is 12.9. The van der Waals surface area contributed by atoms with Gasteiger partial charge in [0.05, 0.1) is 5.56 Å². The van der Waals surface area contributed by atoms with Crippen LogP contribution in [0.1, 0.15) is 39.5 Å². The van der Waals surface area contributed by atoms with E-state index in [1.165, 1.54) is 18.3 Å². The predicted octanol–water partition coefficient (Wildman–Crippen LogP) is 4.53. The van der Waals surface area contributed by atoms with Gasteiger partial charge in [0.15, 0.2) is 11.6 Å². The number of hydrogen-bond donors (Lipinski definition) is 2. The number of rotatable bonds is 6. The van der Waals surface area contributed by atoms with E-state index >= 15 is 0 Å². The first kappa shape index (κ1) is 19.1. The minimum Gasteiger partial charge on any atom is -0.478 e. The van der Waals surface area contributed by atoms with Gasteiger partial charge in [-0.2, -0.15) is 0 Å². The summed E-state index contributed by atoms with van der Waals surface area (Å²) in [5.41, 5.74) is 3.35. The molecule has 0 amide bonds. The molecule has 29 heavy (non-hydrogen) atoms. The van der Waals surface area contributed by atoms with Crippen LogP contribution in [0.2, 0.25) is 0 Å². The number of fused-ring (bicyclic) bond motifs is 1. The molecule has 1 aliphatic heterocycles. The molecular weight excluding hydrogens is 371 g/mol. The number of carboxylic acid groups (broad SMARTS) is 1. The Kier molecular flexibility index (Phi) is 5.53. The van der Waals surface area contributed by atoms with E-state index in [1.54, 1.807) is 24.4 Å². The lowest BCUT2D eigenvalue weighted by atomic mass is 9.90. The zero-order valence-corrected chi connectivity index (χ0v) is 15.8. The fourth-order valence-electron chi connectivity index (χ4n) is 3.74. The van der Waals surface area contributed by atoms with Crippen LogP contribution < -0.4 is 10.1 Å². The molecule has 1 aromatic heterocycles. The number of ether oxygens (including phenoxy) is 1. The molecule has 148 valence electrons. The van der Waals surface area contributed by atoms with Crippen molar-refractivity contribution < 1.29 is 19.0 Å². The topological polar surface area (TPSA) is 71.5 Å². The number of halogens is 1. The molecule has 3 aromatic rings. The number of carboxylic acids is 1. The molecule has 0 saturated carbocycles. The number of hydrogen-bond acceptors (Lipinski definition) is 4. The molecule has 0 fully saturated rings. The van der Waals surface area contributed by atoms with Gasteiger partial charge in [-0.1, -0.05) is 18.2 Å². The average Bonchev–Trinajstić information content (AvgIpc) is 2.74. The summed E-state index contributed by atoms with van der Waals surface area (Å²) in [6.45, 7) is 0.819. The van der Waals surface area contributed by atoms with Gasteiger partial charge >= 0.3 is 5.97 Å². The van der Waals surface area contributed by atoms with Gasteiger partial charge in [-0.25, -0.2) is 9.18 Å². The fourth-order valence-corrected chi connectivity index (χ4v) is 3.74. The molecule has 0 saturated heterocycles. The van der Waals surface area contributed by atoms with Crippen LogP contribution in [0.15, 0.2) is 60.9 Å². The van der Waals surface area contributed by atoms with Crippen molar-refractivity contribution in [3.8, 4) is 11.5 Å². The quantitative estimate of drug-likeness (QED) is 0.645. The maximum absolute atomic E-state index is 13.8. The van der Waals surface area contributed by atoms with Gasteiger partial charge in [-0.15, -0.1) is 0 Å². The molecule has 0 aliphatic carbocycles. The molecule has 2 N–H and O–H groups in total. The van der Waals surface area contributed by atoms with E-state index in [1.807, 2.05) is 18.2 Å². The van der Waals surface area contributed by atoms with Gasteiger partial charge in [-0.3, -0.25) is 4.98 Å². The maximum Gasteiger partial charge on any atom is 0.336 e. The third kappa shape index (κ3) is 4.27. The molecule has 4 rings (SSSR count). The number of aryl methyl sites for hydroxylation is 1. The summed E-state index contributed by atoms with van der Waals surface area (Å²) in [7, 11) is 0. The monoisotopic (exact) mass is 392 g/mol. The zero-order chi connectivity index (χ0) is 20.2. The summed E-state index contributed by atoms with van der Waals surface area (Å²) in [4.78, 5) is 15.5. The van der Waals surface area contributed by atoms with E-state index in [2.05, 4.69) is 10.3 Å². The lowest BCUT2D eigenvalue weighted by molar-refractivity contribution is 0.0695. The standard InChI is InChI=1S/C23H21FN2O3/c24-20-3-1-2-4-22(20)29-17-6-7-18-15(13-17)9-12-26-21(18)8-5-16-14-25-11-10-19(16)23(27)28/h1-4,6-7,10-11,13-14,21,26H,5,8-9,12H2,(H,27,28)/t21-/m1/s1. The summed E-state index contributed by atoms with van der Waals surface area (Å²) >= 11 is 0. The number of nitrogens with zero attached hydrogens (tertiary/aromatic N) is 1. The highest BCUT2D eigenvalue weighted by atomic mass is 19.1. The molecule has 0 spiro atoms. The third-order valence-corrected chi connectivity index (χ3v) is 5.18. The van der Waals surface area contributed by atoms with Crippen LogP contribution in [0.3, 0.4) is 0 Å². The molecule has 2 heterocycles. The van der Waals surface area contributed by atoms with E-state index in [4.69, 9.17) is 4.74 Å². The number of benzene rings is 2. The summed E-state index contributed by atoms with van der Waals surface area (Å²) in [6, 6.07) is 13.8. The Balaban J connectivity index is 1.50. The highest BCUT2D eigenvalue weighted by Crippen LogP contribution is 2.32. The second-order valence-electron chi connectivity index (χ2n) is 7.03. The van der Waals surface area contributed by atoms with Crippen LogP contribution in [0.4, 0.5) is 4.39 Å². The molecule has 6 heteroatoms. The minimum absolute atomic E-state index is 0.114. The van der Waals surface area contributed by atoms with Gasteiger partial charge in [0, 0.05) is 18.4 Å². The van der Waals surface area contributed by atoms with Crippen LogP contribution in [0.5, 0.6) is 11.5 Å². The highest BCUT2D eigenvalue weighted by Gasteiger charge is 2.21. The average molecular weight is 392 g/mol. The van der Waals surface area contributed by atoms with Crippen LogP contribution in [0.25, 0.3) is 0 Å². The molecule has 0 radical (unpaired) electrons. The number of pyridine rings is 1. The molecule has 0 unspecified atom stereocenters. The Morgan fingerprint density at radius 1 is 1.24 bits per heavy atom. The van der Waals surface area contributed by atoms with Gasteiger partial charge in [0.1, 0.15) is 5.75 Å². The van der Waals surface area contributed by atoms with Crippen molar-refractivity contribution in [1.29, 1.82) is 0 Å². The number of carbonyl (C=O) groups is 1. The van der Waals surface area contributed by atoms with Crippen molar-refractivity contribution in [1.82, 2.24) is 10.3 Å². The highest BCUT2D eigenvalue weighted by molar-refractivity contribution is 5.89. The largest absolute Gasteiger partial charge is 0.478 e. The van der Waals surface area contributed by atoms with Crippen molar-refractivity contribution in [2.75, 3.05) is 6.54 Å². The van der Waals surface area contributed by atoms with Crippen LogP contribution >= 0.6 is 0 Å². The number of aromatic nitrogens is 1. The third-order valence-electron chi connectivity index (χ3n) is 5.18. The second-order valence-corrected chi connectivity index (χ2v) is 7.03. The van der Waals surface area contributed by atoms with Gasteiger partial charge in [-0.05, 0) is 72.8 Å². The Morgan fingerprint density at radius 2 is 2.10 bits per heavy atom. The zero-order valence-electron chi connectivity index (χ0n) is 15.8. The number of nitrogens with one attached hydrogen (secondary N) is 1. The van der Waals surface area contributed by atoms with E-state index in [0.717, 1.165) is 36.1 Å². The van der Waals surface area contributed by atoms with E-state index in [9.17, 15) is 14.3 Å². The summed E-state index contributed by atoms with van der Waals surface area (Å²) < 4.78 is 19.6. The normalized spacial score (nSPS) is 15.6. The Labute approximate surface area is 168 Å². The van der Waals surface area contributed by atoms with E-state index in [0.29, 0.717) is 17.7 Å². The molecule has 1 atom stereocenters. The first-order chi connectivity index (χ1) is 14.1. The molecule has 0 bridgehead atoms. The van der Waals surface area contributed by atoms with Crippen LogP contribution in [0, 0.1) is 5.82 Å². The minimum atomic E-state index is -0.936. The number of para-hydroxylation sites is 1. The first-order valence-corrected chi connectivity index (χ1v) is 9.56. The predicted molar refractivity (Wildman–Crippen MR) is 107 cm³/mol. The molecule has 1 aliphatic rings. The van der Waals surface area contributed by atoms with Gasteiger partial charge < -0.3 is 15.2 Å². The van der Waals surface area contributed by atoms with Crippen LogP contribution in [-0.2, 0) is 12.8 Å². The summed E-state index contributed by atoms with van der Waals surface area (Å²) in [5.74, 6) is -0.518. The van der Waals surface area contributed by atoms with Crippen molar-refractivity contribution in [3.63, 3.8) is 0 Å². The Hall–Kier alpha value is -3.25. The van der Waals surface area contributed by atoms with E-state index < -0.39 is 11.8 Å². The van der Waals surface area contributed by atoms with Crippen molar-refractivity contribution in [2.24, 2.45) is 0 Å². The molecule has 2 aromatic carbocycles. The van der Waals surface area contributed by atoms with Crippen molar-refractivity contribution in [3.05, 3.63) is 89.0 Å². The molecule has 5 nitrogen and oxygen atoms in total.